The average Bonchev–Trinajstić information content (AvgIpc) is 3.12. The number of para-hydroxylation sites is 1. The summed E-state index contributed by atoms with van der Waals surface area (Å²) in [6.45, 7) is 4.76. The Balaban J connectivity index is 1.91. The molecular formula is C24H31ClF2N3O8P. The van der Waals surface area contributed by atoms with E-state index in [1.54, 1.807) is 32.0 Å². The maximum Gasteiger partial charge on any atom is 0.380 e. The molecule has 1 aliphatic rings. The van der Waals surface area contributed by atoms with Gasteiger partial charge in [0.2, 0.25) is 0 Å². The van der Waals surface area contributed by atoms with Gasteiger partial charge < -0.3 is 24.8 Å². The molecular weight excluding hydrogens is 563 g/mol. The maximum atomic E-state index is 14.2. The Morgan fingerprint density at radius 2 is 1.95 bits per heavy atom. The van der Waals surface area contributed by atoms with Crippen LogP contribution in [0.15, 0.2) is 41.3 Å². The second-order valence-corrected chi connectivity index (χ2v) is 12.2. The number of nitrogens with two attached hydrogens (primary N) is 1. The molecule has 0 saturated carbocycles. The number of aliphatic hydroxyl groups is 1. The number of rotatable bonds is 11. The third-order valence-electron chi connectivity index (χ3n) is 5.92. The van der Waals surface area contributed by atoms with Crippen LogP contribution < -0.4 is 15.9 Å². The van der Waals surface area contributed by atoms with Gasteiger partial charge in [-0.1, -0.05) is 25.1 Å². The van der Waals surface area contributed by atoms with Crippen molar-refractivity contribution >= 4 is 31.0 Å². The van der Waals surface area contributed by atoms with E-state index in [4.69, 9.17) is 35.9 Å². The van der Waals surface area contributed by atoms with Crippen LogP contribution in [0.1, 0.15) is 33.9 Å². The maximum absolute atomic E-state index is 14.2. The van der Waals surface area contributed by atoms with Gasteiger partial charge in [-0.3, -0.25) is 13.9 Å². The van der Waals surface area contributed by atoms with E-state index in [2.05, 4.69) is 4.98 Å². The van der Waals surface area contributed by atoms with E-state index in [-0.39, 0.29) is 5.75 Å². The van der Waals surface area contributed by atoms with Crippen LogP contribution in [0.25, 0.3) is 0 Å². The highest BCUT2D eigenvalue weighted by molar-refractivity contribution is 7.54. The Morgan fingerprint density at radius 3 is 2.54 bits per heavy atom. The second-order valence-electron chi connectivity index (χ2n) is 9.52. The second kappa shape index (κ2) is 12.3. The van der Waals surface area contributed by atoms with E-state index in [0.717, 1.165) is 0 Å². The van der Waals surface area contributed by atoms with E-state index < -0.39 is 85.2 Å². The number of nitrogens with zero attached hydrogens (tertiary/aromatic N) is 2. The molecule has 15 heteroatoms. The van der Waals surface area contributed by atoms with E-state index in [0.29, 0.717) is 10.8 Å². The standard InChI is InChI=1S/C24H31ClF2N3O8P/c1-13(2)35-21(32)14(3)11-39(34,38-16-8-6-5-7-9-16)37-15(4)18-19(31)24(25,12-26)22(36-18)30-10-17(27)20(28)29-23(30)33/h5-10,13-15,18-19,22,31H,11-12H2,1-4H3,(H2,28,29,33)/t14-,15-,18-,19+,22-,24?,39?/m1/s1. The lowest BCUT2D eigenvalue weighted by atomic mass is 9.97. The van der Waals surface area contributed by atoms with Gasteiger partial charge in [0, 0.05) is 0 Å². The molecule has 0 spiro atoms. The summed E-state index contributed by atoms with van der Waals surface area (Å²) in [7, 11) is -4.18. The zero-order chi connectivity index (χ0) is 29.1. The summed E-state index contributed by atoms with van der Waals surface area (Å²) in [5.74, 6) is -3.16. The van der Waals surface area contributed by atoms with Crippen molar-refractivity contribution in [3.8, 4) is 5.75 Å². The predicted octanol–water partition coefficient (Wildman–Crippen LogP) is 3.43. The van der Waals surface area contributed by atoms with Crippen molar-refractivity contribution in [2.75, 3.05) is 18.6 Å². The van der Waals surface area contributed by atoms with Gasteiger partial charge in [-0.05, 0) is 32.9 Å². The quantitative estimate of drug-likeness (QED) is 0.225. The highest BCUT2D eigenvalue weighted by Gasteiger charge is 2.59. The molecule has 0 radical (unpaired) electrons. The first-order valence-corrected chi connectivity index (χ1v) is 14.2. The number of alkyl halides is 2. The highest BCUT2D eigenvalue weighted by atomic mass is 35.5. The Morgan fingerprint density at radius 1 is 1.31 bits per heavy atom. The van der Waals surface area contributed by atoms with Crippen molar-refractivity contribution < 1.29 is 41.8 Å². The summed E-state index contributed by atoms with van der Waals surface area (Å²) in [6.07, 6.45) is -6.52. The van der Waals surface area contributed by atoms with Gasteiger partial charge in [-0.15, -0.1) is 11.6 Å². The van der Waals surface area contributed by atoms with E-state index in [1.807, 2.05) is 0 Å². The Labute approximate surface area is 228 Å². The first kappa shape index (κ1) is 31.0. The van der Waals surface area contributed by atoms with Gasteiger partial charge in [0.15, 0.2) is 17.9 Å². The molecule has 216 valence electrons. The molecule has 7 atom stereocenters. The summed E-state index contributed by atoms with van der Waals surface area (Å²) in [6, 6.07) is 8.02. The molecule has 3 N–H and O–H groups in total. The molecule has 0 bridgehead atoms. The Bertz CT molecular complexity index is 1270. The third kappa shape index (κ3) is 6.96. The van der Waals surface area contributed by atoms with Crippen molar-refractivity contribution in [2.45, 2.75) is 63.2 Å². The molecule has 2 aromatic rings. The number of carbonyl (C=O) groups excluding carboxylic acids is 1. The smallest absolute Gasteiger partial charge is 0.380 e. The number of halogens is 3. The van der Waals surface area contributed by atoms with Crippen molar-refractivity contribution in [3.05, 3.63) is 52.8 Å². The first-order chi connectivity index (χ1) is 18.2. The van der Waals surface area contributed by atoms with Gasteiger partial charge in [0.05, 0.1) is 30.5 Å². The van der Waals surface area contributed by atoms with Crippen molar-refractivity contribution in [1.82, 2.24) is 9.55 Å². The predicted molar refractivity (Wildman–Crippen MR) is 138 cm³/mol. The van der Waals surface area contributed by atoms with Crippen LogP contribution in [0.5, 0.6) is 5.75 Å². The third-order valence-corrected chi connectivity index (χ3v) is 8.57. The number of benzene rings is 1. The fourth-order valence-electron chi connectivity index (χ4n) is 4.01. The van der Waals surface area contributed by atoms with E-state index >= 15 is 0 Å². The fraction of sp³-hybridized carbons (Fsp3) is 0.542. The molecule has 39 heavy (non-hydrogen) atoms. The molecule has 1 fully saturated rings. The molecule has 2 unspecified atom stereocenters. The van der Waals surface area contributed by atoms with E-state index in [9.17, 15) is 28.0 Å². The number of ether oxygens (including phenoxy) is 2. The van der Waals surface area contributed by atoms with Gasteiger partial charge in [-0.25, -0.2) is 18.1 Å². The van der Waals surface area contributed by atoms with Crippen molar-refractivity contribution in [3.63, 3.8) is 0 Å². The minimum atomic E-state index is -4.18. The SMILES string of the molecule is CC(C)OC(=O)[C@H](C)CP(=O)(Oc1ccccc1)O[C@H](C)[C@H]1O[C@@H](n2cc(F)c(N)nc2=O)C(Cl)(CF)[C@H]1O. The monoisotopic (exact) mass is 593 g/mol. The van der Waals surface area contributed by atoms with Gasteiger partial charge >= 0.3 is 19.3 Å². The summed E-state index contributed by atoms with van der Waals surface area (Å²) < 4.78 is 65.2. The molecule has 2 heterocycles. The molecule has 1 aliphatic heterocycles. The number of anilines is 1. The first-order valence-electron chi connectivity index (χ1n) is 12.1. The molecule has 0 aliphatic carbocycles. The molecule has 0 amide bonds. The lowest BCUT2D eigenvalue weighted by Crippen LogP contribution is -2.47. The molecule has 11 nitrogen and oxygen atoms in total. The topological polar surface area (TPSA) is 152 Å². The van der Waals surface area contributed by atoms with Gasteiger partial charge in [0.25, 0.3) is 0 Å². The van der Waals surface area contributed by atoms with Crippen LogP contribution in [0.2, 0.25) is 0 Å². The van der Waals surface area contributed by atoms with Crippen LogP contribution in [0.3, 0.4) is 0 Å². The van der Waals surface area contributed by atoms with E-state index in [1.165, 1.54) is 26.0 Å². The number of aliphatic hydroxyl groups excluding tert-OH is 1. The minimum absolute atomic E-state index is 0.175. The van der Waals surface area contributed by atoms with Crippen molar-refractivity contribution in [1.29, 1.82) is 0 Å². The molecule has 1 saturated heterocycles. The number of esters is 1. The highest BCUT2D eigenvalue weighted by Crippen LogP contribution is 2.53. The lowest BCUT2D eigenvalue weighted by Gasteiger charge is -2.29. The van der Waals surface area contributed by atoms with Gasteiger partial charge in [-0.2, -0.15) is 4.98 Å². The number of hydrogen-bond acceptors (Lipinski definition) is 10. The molecule has 3 rings (SSSR count). The van der Waals surface area contributed by atoms with Crippen LogP contribution in [0, 0.1) is 11.7 Å². The Kier molecular flexibility index (Phi) is 9.77. The average molecular weight is 594 g/mol. The van der Waals surface area contributed by atoms with Gasteiger partial charge in [0.1, 0.15) is 29.5 Å². The molecule has 1 aromatic heterocycles. The Hall–Kier alpha value is -2.57. The zero-order valence-corrected chi connectivity index (χ0v) is 23.4. The summed E-state index contributed by atoms with van der Waals surface area (Å²) >= 11 is 6.38. The van der Waals surface area contributed by atoms with Crippen LogP contribution in [0.4, 0.5) is 14.6 Å². The van der Waals surface area contributed by atoms with Crippen molar-refractivity contribution in [2.24, 2.45) is 5.92 Å². The summed E-state index contributed by atoms with van der Waals surface area (Å²) in [5.41, 5.74) is 4.21. The lowest BCUT2D eigenvalue weighted by molar-refractivity contribution is -0.151. The summed E-state index contributed by atoms with van der Waals surface area (Å²) in [4.78, 5) is 25.9. The normalized spacial score (nSPS) is 26.1. The number of nitrogen functional groups attached to an aromatic ring is 1. The zero-order valence-electron chi connectivity index (χ0n) is 21.7. The van der Waals surface area contributed by atoms with Crippen LogP contribution in [-0.4, -0.2) is 62.8 Å². The minimum Gasteiger partial charge on any atom is -0.463 e. The fourth-order valence-corrected chi connectivity index (χ4v) is 6.38. The summed E-state index contributed by atoms with van der Waals surface area (Å²) in [5, 5.41) is 10.9. The number of carbonyl (C=O) groups is 1. The number of aromatic nitrogens is 2. The van der Waals surface area contributed by atoms with Crippen LogP contribution in [-0.2, 0) is 23.4 Å². The van der Waals surface area contributed by atoms with Crippen LogP contribution >= 0.6 is 19.2 Å². The largest absolute Gasteiger partial charge is 0.463 e. The molecule has 1 aromatic carbocycles. The number of hydrogen-bond donors (Lipinski definition) is 2.